The van der Waals surface area contributed by atoms with E-state index in [1.165, 1.54) is 24.5 Å². The number of alkyl halides is 3. The molecule has 7 rings (SSSR count). The molecule has 2 atom stereocenters. The summed E-state index contributed by atoms with van der Waals surface area (Å²) >= 11 is 5.97. The second kappa shape index (κ2) is 16.3. The fourth-order valence-corrected chi connectivity index (χ4v) is 7.37. The van der Waals surface area contributed by atoms with Crippen molar-refractivity contribution in [3.05, 3.63) is 68.6 Å². The average molecular weight is 755 g/mol. The molecule has 2 saturated heterocycles. The lowest BCUT2D eigenvalue weighted by Gasteiger charge is -2.31. The fraction of sp³-hybridized carbons (Fsp3) is 0.543. The van der Waals surface area contributed by atoms with E-state index in [1.807, 2.05) is 23.4 Å². The molecule has 2 N–H and O–H groups in total. The Hall–Kier alpha value is -4.02. The van der Waals surface area contributed by atoms with Gasteiger partial charge >= 0.3 is 12.2 Å². The van der Waals surface area contributed by atoms with E-state index in [1.54, 1.807) is 20.2 Å². The molecule has 52 heavy (non-hydrogen) atoms. The molecular formula is C35H44ClF5N8O3. The number of rotatable bonds is 4. The van der Waals surface area contributed by atoms with Gasteiger partial charge in [0.15, 0.2) is 5.69 Å². The van der Waals surface area contributed by atoms with E-state index in [2.05, 4.69) is 20.0 Å². The number of hydrogen-bond donors (Lipinski definition) is 1. The number of nitrogen functional groups attached to an aromatic ring is 1. The zero-order chi connectivity index (χ0) is 37.9. The van der Waals surface area contributed by atoms with Crippen LogP contribution < -0.4 is 15.4 Å². The number of amides is 1. The molecule has 0 bridgehead atoms. The van der Waals surface area contributed by atoms with Gasteiger partial charge in [0, 0.05) is 63.0 Å². The molecule has 6 heterocycles. The summed E-state index contributed by atoms with van der Waals surface area (Å²) in [6.45, 7) is 7.16. The maximum atomic E-state index is 13.9. The van der Waals surface area contributed by atoms with Crippen molar-refractivity contribution in [2.75, 3.05) is 51.5 Å². The van der Waals surface area contributed by atoms with Gasteiger partial charge in [-0.05, 0) is 56.0 Å². The van der Waals surface area contributed by atoms with E-state index < -0.39 is 28.9 Å². The number of carbonyl (C=O) groups excluding carboxylic acids is 1. The van der Waals surface area contributed by atoms with E-state index in [0.717, 1.165) is 31.1 Å². The first kappa shape index (κ1) is 39.2. The van der Waals surface area contributed by atoms with Crippen LogP contribution in [0.15, 0.2) is 29.9 Å². The summed E-state index contributed by atoms with van der Waals surface area (Å²) in [6, 6.07) is 4.61. The molecule has 0 spiro atoms. The van der Waals surface area contributed by atoms with Crippen LogP contribution in [0.4, 0.5) is 33.5 Å². The predicted octanol–water partition coefficient (Wildman–Crippen LogP) is 6.89. The molecule has 2 unspecified atom stereocenters. The van der Waals surface area contributed by atoms with E-state index >= 15 is 0 Å². The van der Waals surface area contributed by atoms with Crippen LogP contribution in [0.25, 0.3) is 0 Å². The predicted molar refractivity (Wildman–Crippen MR) is 186 cm³/mol. The smallest absolute Gasteiger partial charge is 0.418 e. The standard InChI is InChI=1S/C25H27ClF3N7O3.C8H11F2N.C2H6/c1-34(2)23(37)19-9-14-11-35(5-4-6-36(14)33-19)22-16-12-39-20(10-18(16)31-24(32-22)38-3)15-7-13(30)8-17(26)21(15)25(27,28)29;9-8(10)6-4-7-2-1-3-11(7)5-6;1-2/h7-9,20H,4-6,10-12,30H2,1-3H3;7H,1-5H2;1-2H3. The third kappa shape index (κ3) is 8.44. The second-order valence-corrected chi connectivity index (χ2v) is 13.4. The van der Waals surface area contributed by atoms with Crippen molar-refractivity contribution in [1.82, 2.24) is 29.5 Å². The summed E-state index contributed by atoms with van der Waals surface area (Å²) in [5, 5.41) is 3.99. The molecule has 2 fully saturated rings. The molecule has 4 aliphatic rings. The quantitative estimate of drug-likeness (QED) is 0.225. The summed E-state index contributed by atoms with van der Waals surface area (Å²) in [7, 11) is 4.76. The molecule has 17 heteroatoms. The Labute approximate surface area is 304 Å². The summed E-state index contributed by atoms with van der Waals surface area (Å²) in [5.41, 5.74) is 7.56. The number of nitrogens with two attached hydrogens (primary N) is 1. The van der Waals surface area contributed by atoms with Crippen molar-refractivity contribution in [3.8, 4) is 6.01 Å². The molecule has 11 nitrogen and oxygen atoms in total. The highest BCUT2D eigenvalue weighted by atomic mass is 35.5. The Bertz CT molecular complexity index is 1780. The number of aromatic nitrogens is 4. The molecule has 0 aliphatic carbocycles. The Morgan fingerprint density at radius 3 is 2.46 bits per heavy atom. The highest BCUT2D eigenvalue weighted by molar-refractivity contribution is 6.31. The van der Waals surface area contributed by atoms with E-state index in [9.17, 15) is 26.7 Å². The van der Waals surface area contributed by atoms with Crippen LogP contribution in [0, 0.1) is 0 Å². The number of hydrogen-bond acceptors (Lipinski definition) is 9. The van der Waals surface area contributed by atoms with Crippen molar-refractivity contribution < 1.29 is 36.2 Å². The van der Waals surface area contributed by atoms with Gasteiger partial charge in [0.25, 0.3) is 12.0 Å². The summed E-state index contributed by atoms with van der Waals surface area (Å²) in [6.07, 6.45) is -3.44. The monoisotopic (exact) mass is 754 g/mol. The molecule has 2 aromatic heterocycles. The number of carbonyl (C=O) groups is 1. The Balaban J connectivity index is 0.000000338. The number of anilines is 2. The number of halogens is 6. The van der Waals surface area contributed by atoms with Gasteiger partial charge in [0.05, 0.1) is 48.3 Å². The molecular weight excluding hydrogens is 711 g/mol. The number of benzene rings is 1. The van der Waals surface area contributed by atoms with Crippen molar-refractivity contribution in [2.45, 2.75) is 84.0 Å². The van der Waals surface area contributed by atoms with Gasteiger partial charge in [-0.1, -0.05) is 25.4 Å². The zero-order valence-corrected chi connectivity index (χ0v) is 30.6. The topological polar surface area (TPSA) is 115 Å². The van der Waals surface area contributed by atoms with Gasteiger partial charge in [-0.25, -0.2) is 0 Å². The summed E-state index contributed by atoms with van der Waals surface area (Å²) in [4.78, 5) is 27.1. The third-order valence-electron chi connectivity index (χ3n) is 9.40. The number of aryl methyl sites for hydroxylation is 1. The van der Waals surface area contributed by atoms with Crippen molar-refractivity contribution in [2.24, 2.45) is 0 Å². The molecule has 1 aromatic carbocycles. The fourth-order valence-electron chi connectivity index (χ4n) is 7.03. The highest BCUT2D eigenvalue weighted by Gasteiger charge is 2.40. The Morgan fingerprint density at radius 2 is 1.81 bits per heavy atom. The SMILES string of the molecule is CC.COc1nc2c(c(N3CCCn4nc(C(=O)N(C)C)cc4C3)n1)COC(c1cc(N)cc(Cl)c1C(F)(F)F)C2.FC(F)=C1CC2CCCN2C1. The molecule has 0 saturated carbocycles. The van der Waals surface area contributed by atoms with Gasteiger partial charge in [0.2, 0.25) is 0 Å². The second-order valence-electron chi connectivity index (χ2n) is 13.0. The molecule has 0 radical (unpaired) electrons. The molecule has 1 amide bonds. The lowest BCUT2D eigenvalue weighted by Crippen LogP contribution is -2.29. The minimum absolute atomic E-state index is 0.0246. The number of ether oxygens (including phenoxy) is 2. The highest BCUT2D eigenvalue weighted by Crippen LogP contribution is 2.44. The third-order valence-corrected chi connectivity index (χ3v) is 9.69. The van der Waals surface area contributed by atoms with E-state index in [0.29, 0.717) is 67.0 Å². The minimum Gasteiger partial charge on any atom is -0.467 e. The van der Waals surface area contributed by atoms with Crippen LogP contribution in [0.1, 0.15) is 84.2 Å². The van der Waals surface area contributed by atoms with Crippen molar-refractivity contribution in [1.29, 1.82) is 0 Å². The summed E-state index contributed by atoms with van der Waals surface area (Å²) in [5.74, 6) is 0.370. The number of fused-ring (bicyclic) bond motifs is 3. The van der Waals surface area contributed by atoms with Gasteiger partial charge < -0.3 is 25.0 Å². The van der Waals surface area contributed by atoms with Gasteiger partial charge in [-0.2, -0.15) is 37.0 Å². The van der Waals surface area contributed by atoms with Crippen LogP contribution >= 0.6 is 11.6 Å². The van der Waals surface area contributed by atoms with Crippen LogP contribution in [0.2, 0.25) is 5.02 Å². The van der Waals surface area contributed by atoms with Crippen molar-refractivity contribution >= 4 is 29.0 Å². The lowest BCUT2D eigenvalue weighted by atomic mass is 9.94. The van der Waals surface area contributed by atoms with Crippen molar-refractivity contribution in [3.63, 3.8) is 0 Å². The van der Waals surface area contributed by atoms with E-state index in [4.69, 9.17) is 26.8 Å². The van der Waals surface area contributed by atoms with Crippen LogP contribution in [0.3, 0.4) is 0 Å². The van der Waals surface area contributed by atoms with Crippen LogP contribution in [0.5, 0.6) is 6.01 Å². The molecule has 3 aromatic rings. The number of methoxy groups -OCH3 is 1. The first-order chi connectivity index (χ1) is 24.7. The lowest BCUT2D eigenvalue weighted by molar-refractivity contribution is -0.139. The van der Waals surface area contributed by atoms with Gasteiger partial charge in [0.1, 0.15) is 5.82 Å². The zero-order valence-electron chi connectivity index (χ0n) is 29.9. The maximum absolute atomic E-state index is 13.9. The summed E-state index contributed by atoms with van der Waals surface area (Å²) < 4.78 is 79.1. The first-order valence-corrected chi connectivity index (χ1v) is 17.6. The minimum atomic E-state index is -4.69. The largest absolute Gasteiger partial charge is 0.467 e. The van der Waals surface area contributed by atoms with Crippen LogP contribution in [-0.2, 0) is 37.0 Å². The number of nitrogens with zero attached hydrogens (tertiary/aromatic N) is 7. The maximum Gasteiger partial charge on any atom is 0.418 e. The molecule has 4 aliphatic heterocycles. The van der Waals surface area contributed by atoms with Gasteiger partial charge in [-0.3, -0.25) is 14.4 Å². The molecule has 284 valence electrons. The Kier molecular flexibility index (Phi) is 12.3. The normalized spacial score (nSPS) is 19.7. The first-order valence-electron chi connectivity index (χ1n) is 17.2. The van der Waals surface area contributed by atoms with Crippen LogP contribution in [-0.4, -0.2) is 82.3 Å². The van der Waals surface area contributed by atoms with Gasteiger partial charge in [-0.15, -0.1) is 0 Å². The Morgan fingerprint density at radius 1 is 1.06 bits per heavy atom. The average Bonchev–Trinajstić information content (AvgIpc) is 3.80. The van der Waals surface area contributed by atoms with E-state index in [-0.39, 0.29) is 36.2 Å².